The molecule has 3 fully saturated rings. The Labute approximate surface area is 139 Å². The Kier molecular flexibility index (Phi) is 4.95. The number of hydrogen-bond acceptors (Lipinski definition) is 3. The van der Waals surface area contributed by atoms with Gasteiger partial charge in [-0.2, -0.15) is 0 Å². The molecule has 0 radical (unpaired) electrons. The standard InChI is InChI=1S/C18H31N3O2/c1-12(16-11-13-4-5-14(16)10-13)19-17(22)18(23)21(3)15-6-8-20(2)9-7-15/h12-16H,4-11H2,1-3H3,(H,19,22). The molecule has 0 spiro atoms. The van der Waals surface area contributed by atoms with Crippen molar-refractivity contribution in [2.24, 2.45) is 17.8 Å². The first kappa shape index (κ1) is 16.7. The van der Waals surface area contributed by atoms with Crippen LogP contribution in [0.2, 0.25) is 0 Å². The van der Waals surface area contributed by atoms with Crippen molar-refractivity contribution in [1.29, 1.82) is 0 Å². The fourth-order valence-electron chi connectivity index (χ4n) is 4.99. The quantitative estimate of drug-likeness (QED) is 0.801. The van der Waals surface area contributed by atoms with Gasteiger partial charge in [-0.1, -0.05) is 6.42 Å². The van der Waals surface area contributed by atoms with Crippen LogP contribution in [0.5, 0.6) is 0 Å². The molecule has 4 atom stereocenters. The van der Waals surface area contributed by atoms with E-state index in [0.717, 1.165) is 37.8 Å². The molecule has 2 saturated carbocycles. The van der Waals surface area contributed by atoms with Crippen LogP contribution in [0.15, 0.2) is 0 Å². The van der Waals surface area contributed by atoms with Crippen molar-refractivity contribution in [3.05, 3.63) is 0 Å². The topological polar surface area (TPSA) is 52.7 Å². The van der Waals surface area contributed by atoms with E-state index in [1.165, 1.54) is 25.7 Å². The van der Waals surface area contributed by atoms with Crippen LogP contribution in [0.25, 0.3) is 0 Å². The molecule has 23 heavy (non-hydrogen) atoms. The minimum absolute atomic E-state index is 0.118. The van der Waals surface area contributed by atoms with Crippen molar-refractivity contribution < 1.29 is 9.59 Å². The highest BCUT2D eigenvalue weighted by Crippen LogP contribution is 2.49. The highest BCUT2D eigenvalue weighted by molar-refractivity contribution is 6.35. The Morgan fingerprint density at radius 3 is 2.39 bits per heavy atom. The fourth-order valence-corrected chi connectivity index (χ4v) is 4.99. The van der Waals surface area contributed by atoms with E-state index in [1.54, 1.807) is 11.9 Å². The van der Waals surface area contributed by atoms with Crippen LogP contribution in [0.3, 0.4) is 0 Å². The van der Waals surface area contributed by atoms with Crippen LogP contribution in [-0.4, -0.2) is 60.9 Å². The molecule has 3 aliphatic rings. The SMILES string of the molecule is CC(NC(=O)C(=O)N(C)C1CCN(C)CC1)C1CC2CCC1C2. The van der Waals surface area contributed by atoms with Gasteiger partial charge in [0, 0.05) is 19.1 Å². The molecular weight excluding hydrogens is 290 g/mol. The summed E-state index contributed by atoms with van der Waals surface area (Å²) in [6.07, 6.45) is 7.12. The van der Waals surface area contributed by atoms with Crippen LogP contribution in [0.4, 0.5) is 0 Å². The Balaban J connectivity index is 1.50. The minimum atomic E-state index is -0.415. The lowest BCUT2D eigenvalue weighted by molar-refractivity contribution is -0.147. The molecule has 5 nitrogen and oxygen atoms in total. The highest BCUT2D eigenvalue weighted by atomic mass is 16.2. The predicted molar refractivity (Wildman–Crippen MR) is 89.8 cm³/mol. The van der Waals surface area contributed by atoms with Crippen LogP contribution in [0.1, 0.15) is 45.4 Å². The van der Waals surface area contributed by atoms with E-state index < -0.39 is 5.91 Å². The number of amides is 2. The molecule has 0 aromatic carbocycles. The second kappa shape index (κ2) is 6.80. The van der Waals surface area contributed by atoms with Gasteiger partial charge in [-0.05, 0) is 76.9 Å². The average molecular weight is 321 g/mol. The van der Waals surface area contributed by atoms with E-state index in [4.69, 9.17) is 0 Å². The Morgan fingerprint density at radius 1 is 1.13 bits per heavy atom. The highest BCUT2D eigenvalue weighted by Gasteiger charge is 2.42. The first-order valence-corrected chi connectivity index (χ1v) is 9.22. The first-order chi connectivity index (χ1) is 11.0. The van der Waals surface area contributed by atoms with Gasteiger partial charge < -0.3 is 15.1 Å². The summed E-state index contributed by atoms with van der Waals surface area (Å²) in [6.45, 7) is 4.06. The molecule has 1 N–H and O–H groups in total. The van der Waals surface area contributed by atoms with Gasteiger partial charge in [-0.15, -0.1) is 0 Å². The summed E-state index contributed by atoms with van der Waals surface area (Å²) in [5.74, 6) is 1.41. The maximum Gasteiger partial charge on any atom is 0.311 e. The van der Waals surface area contributed by atoms with Gasteiger partial charge in [0.2, 0.25) is 0 Å². The number of rotatable bonds is 3. The Bertz CT molecular complexity index is 459. The minimum Gasteiger partial charge on any atom is -0.345 e. The summed E-state index contributed by atoms with van der Waals surface area (Å²) < 4.78 is 0. The lowest BCUT2D eigenvalue weighted by Crippen LogP contribution is -2.51. The van der Waals surface area contributed by atoms with Gasteiger partial charge in [0.25, 0.3) is 0 Å². The average Bonchev–Trinajstić information content (AvgIpc) is 3.17. The largest absolute Gasteiger partial charge is 0.345 e. The van der Waals surface area contributed by atoms with Crippen molar-refractivity contribution >= 4 is 11.8 Å². The normalized spacial score (nSPS) is 32.7. The van der Waals surface area contributed by atoms with E-state index in [2.05, 4.69) is 24.2 Å². The van der Waals surface area contributed by atoms with Crippen LogP contribution < -0.4 is 5.32 Å². The summed E-state index contributed by atoms with van der Waals surface area (Å²) >= 11 is 0. The van der Waals surface area contributed by atoms with Gasteiger partial charge in [0.1, 0.15) is 0 Å². The number of carbonyl (C=O) groups is 2. The van der Waals surface area contributed by atoms with E-state index in [1.807, 2.05) is 0 Å². The Hall–Kier alpha value is -1.10. The number of nitrogens with one attached hydrogen (secondary N) is 1. The predicted octanol–water partition coefficient (Wildman–Crippen LogP) is 1.48. The van der Waals surface area contributed by atoms with Gasteiger partial charge >= 0.3 is 11.8 Å². The number of piperidine rings is 1. The van der Waals surface area contributed by atoms with Crippen LogP contribution >= 0.6 is 0 Å². The maximum atomic E-state index is 12.4. The van der Waals surface area contributed by atoms with E-state index in [0.29, 0.717) is 5.92 Å². The van der Waals surface area contributed by atoms with Crippen molar-refractivity contribution in [1.82, 2.24) is 15.1 Å². The third-order valence-electron chi connectivity index (χ3n) is 6.54. The van der Waals surface area contributed by atoms with Crippen molar-refractivity contribution in [3.8, 4) is 0 Å². The van der Waals surface area contributed by atoms with Gasteiger partial charge in [-0.25, -0.2) is 0 Å². The molecule has 130 valence electrons. The second-order valence-electron chi connectivity index (χ2n) is 8.05. The summed E-state index contributed by atoms with van der Waals surface area (Å²) in [7, 11) is 3.88. The molecular formula is C18H31N3O2. The second-order valence-corrected chi connectivity index (χ2v) is 8.05. The molecule has 1 aliphatic heterocycles. The van der Waals surface area contributed by atoms with Crippen molar-refractivity contribution in [2.45, 2.75) is 57.5 Å². The number of likely N-dealkylation sites (tertiary alicyclic amines) is 1. The lowest BCUT2D eigenvalue weighted by atomic mass is 9.84. The summed E-state index contributed by atoms with van der Waals surface area (Å²) in [5.41, 5.74) is 0. The zero-order valence-corrected chi connectivity index (χ0v) is 14.8. The number of hydrogen-bond donors (Lipinski definition) is 1. The number of carbonyl (C=O) groups excluding carboxylic acids is 2. The number of likely N-dealkylation sites (N-methyl/N-ethyl adjacent to an activating group) is 1. The molecule has 1 heterocycles. The molecule has 2 amide bonds. The summed E-state index contributed by atoms with van der Waals surface area (Å²) in [4.78, 5) is 28.7. The molecule has 1 saturated heterocycles. The molecule has 2 bridgehead atoms. The molecule has 3 rings (SSSR count). The number of nitrogens with zero attached hydrogens (tertiary/aromatic N) is 2. The van der Waals surface area contributed by atoms with E-state index in [-0.39, 0.29) is 18.0 Å². The molecule has 5 heteroatoms. The molecule has 0 aromatic heterocycles. The summed E-state index contributed by atoms with van der Waals surface area (Å²) in [5, 5.41) is 2.99. The van der Waals surface area contributed by atoms with Crippen molar-refractivity contribution in [2.75, 3.05) is 27.2 Å². The lowest BCUT2D eigenvalue weighted by Gasteiger charge is -2.35. The number of fused-ring (bicyclic) bond motifs is 2. The van der Waals surface area contributed by atoms with Crippen LogP contribution in [-0.2, 0) is 9.59 Å². The molecule has 4 unspecified atom stereocenters. The first-order valence-electron chi connectivity index (χ1n) is 9.22. The van der Waals surface area contributed by atoms with E-state index >= 15 is 0 Å². The van der Waals surface area contributed by atoms with E-state index in [9.17, 15) is 9.59 Å². The van der Waals surface area contributed by atoms with Gasteiger partial charge in [-0.3, -0.25) is 9.59 Å². The van der Waals surface area contributed by atoms with Gasteiger partial charge in [0.15, 0.2) is 0 Å². The smallest absolute Gasteiger partial charge is 0.311 e. The molecule has 0 aromatic rings. The zero-order valence-electron chi connectivity index (χ0n) is 14.8. The Morgan fingerprint density at radius 2 is 1.83 bits per heavy atom. The van der Waals surface area contributed by atoms with Crippen molar-refractivity contribution in [3.63, 3.8) is 0 Å². The van der Waals surface area contributed by atoms with Crippen LogP contribution in [0, 0.1) is 17.8 Å². The third-order valence-corrected chi connectivity index (χ3v) is 6.54. The third kappa shape index (κ3) is 3.54. The monoisotopic (exact) mass is 321 g/mol. The van der Waals surface area contributed by atoms with Gasteiger partial charge in [0.05, 0.1) is 0 Å². The maximum absolute atomic E-state index is 12.4. The summed E-state index contributed by atoms with van der Waals surface area (Å²) in [6, 6.07) is 0.315. The zero-order chi connectivity index (χ0) is 16.6. The fraction of sp³-hybridized carbons (Fsp3) is 0.889. The molecule has 2 aliphatic carbocycles.